The van der Waals surface area contributed by atoms with Gasteiger partial charge in [0.1, 0.15) is 23.9 Å². The highest BCUT2D eigenvalue weighted by molar-refractivity contribution is 6.02. The molecule has 1 aliphatic rings. The molecular weight excluding hydrogens is 482 g/mol. The van der Waals surface area contributed by atoms with Crippen molar-refractivity contribution >= 4 is 11.5 Å². The Hall–Kier alpha value is -4.47. The monoisotopic (exact) mass is 513 g/mol. The number of rotatable bonds is 9. The first-order chi connectivity index (χ1) is 18.6. The van der Waals surface area contributed by atoms with E-state index in [0.29, 0.717) is 35.2 Å². The van der Waals surface area contributed by atoms with Crippen LogP contribution in [-0.2, 0) is 6.61 Å². The molecule has 196 valence electrons. The van der Waals surface area contributed by atoms with Gasteiger partial charge in [0.05, 0.1) is 31.7 Å². The average molecular weight is 514 g/mol. The molecule has 1 fully saturated rings. The summed E-state index contributed by atoms with van der Waals surface area (Å²) in [6.07, 6.45) is 9.29. The van der Waals surface area contributed by atoms with Gasteiger partial charge in [-0.05, 0) is 48.2 Å². The highest BCUT2D eigenvalue weighted by Crippen LogP contribution is 2.39. The number of hydrogen-bond acceptors (Lipinski definition) is 7. The average Bonchev–Trinajstić information content (AvgIpc) is 3.40. The molecule has 0 bridgehead atoms. The summed E-state index contributed by atoms with van der Waals surface area (Å²) in [7, 11) is 3.26. The summed E-state index contributed by atoms with van der Waals surface area (Å²) in [5.41, 5.74) is 18.3. The van der Waals surface area contributed by atoms with E-state index >= 15 is 0 Å². The van der Waals surface area contributed by atoms with Gasteiger partial charge in [0.2, 0.25) is 0 Å². The Morgan fingerprint density at radius 3 is 2.50 bits per heavy atom. The summed E-state index contributed by atoms with van der Waals surface area (Å²) < 4.78 is 18.8. The molecule has 2 aromatic heterocycles. The molecule has 10 nitrogen and oxygen atoms in total. The van der Waals surface area contributed by atoms with Gasteiger partial charge < -0.3 is 19.9 Å². The number of benzene rings is 2. The molecule has 2 heterocycles. The predicted octanol–water partition coefficient (Wildman–Crippen LogP) is 5.69. The third-order valence-corrected chi connectivity index (χ3v) is 6.95. The normalized spacial score (nSPS) is 14.4. The Kier molecular flexibility index (Phi) is 7.48. The molecule has 0 atom stereocenters. The first-order valence-corrected chi connectivity index (χ1v) is 12.6. The Labute approximate surface area is 220 Å². The van der Waals surface area contributed by atoms with Gasteiger partial charge in [0.15, 0.2) is 11.5 Å². The number of fused-ring (bicyclic) bond motifs is 1. The topological polar surface area (TPSA) is 132 Å². The minimum atomic E-state index is 0.120. The SMILES string of the molecule is COc1cc(COc2cccc(-c3cnc4c(/C(N)=N/N=N)cnn4c3C3CCCCC3)c2)cc(OC)c1. The minimum Gasteiger partial charge on any atom is -0.497 e. The summed E-state index contributed by atoms with van der Waals surface area (Å²) in [4.78, 5) is 4.71. The van der Waals surface area contributed by atoms with E-state index in [0.717, 1.165) is 41.0 Å². The smallest absolute Gasteiger partial charge is 0.166 e. The lowest BCUT2D eigenvalue weighted by atomic mass is 9.84. The molecule has 1 aliphatic carbocycles. The van der Waals surface area contributed by atoms with E-state index in [1.165, 1.54) is 19.3 Å². The maximum absolute atomic E-state index is 7.03. The van der Waals surface area contributed by atoms with Gasteiger partial charge >= 0.3 is 0 Å². The number of nitrogens with zero attached hydrogens (tertiary/aromatic N) is 5. The number of amidine groups is 1. The summed E-state index contributed by atoms with van der Waals surface area (Å²) in [5, 5.41) is 11.4. The summed E-state index contributed by atoms with van der Waals surface area (Å²) in [6, 6.07) is 13.7. The van der Waals surface area contributed by atoms with Crippen molar-refractivity contribution in [1.29, 1.82) is 5.53 Å². The molecule has 0 radical (unpaired) electrons. The van der Waals surface area contributed by atoms with Crippen LogP contribution in [0.1, 0.15) is 54.8 Å². The van der Waals surface area contributed by atoms with Crippen molar-refractivity contribution in [2.75, 3.05) is 14.2 Å². The fraction of sp³-hybridized carbons (Fsp3) is 0.321. The maximum Gasteiger partial charge on any atom is 0.166 e. The van der Waals surface area contributed by atoms with Crippen LogP contribution in [-0.4, -0.2) is 34.7 Å². The number of methoxy groups -OCH3 is 2. The van der Waals surface area contributed by atoms with E-state index in [1.54, 1.807) is 20.4 Å². The number of ether oxygens (including phenoxy) is 3. The molecule has 38 heavy (non-hydrogen) atoms. The molecule has 0 aliphatic heterocycles. The molecule has 3 N–H and O–H groups in total. The van der Waals surface area contributed by atoms with Crippen LogP contribution >= 0.6 is 0 Å². The van der Waals surface area contributed by atoms with Crippen molar-refractivity contribution < 1.29 is 14.2 Å². The van der Waals surface area contributed by atoms with Crippen LogP contribution < -0.4 is 19.9 Å². The van der Waals surface area contributed by atoms with Gasteiger partial charge in [-0.15, -0.1) is 5.10 Å². The van der Waals surface area contributed by atoms with E-state index in [4.69, 9.17) is 30.5 Å². The number of hydrogen-bond donors (Lipinski definition) is 2. The molecule has 4 aromatic rings. The lowest BCUT2D eigenvalue weighted by Crippen LogP contribution is -2.15. The second kappa shape index (κ2) is 11.3. The highest BCUT2D eigenvalue weighted by Gasteiger charge is 2.25. The molecule has 2 aromatic carbocycles. The molecular formula is C28H31N7O3. The molecule has 1 saturated carbocycles. The third-order valence-electron chi connectivity index (χ3n) is 6.95. The summed E-state index contributed by atoms with van der Waals surface area (Å²) in [6.45, 7) is 0.367. The fourth-order valence-electron chi connectivity index (χ4n) is 5.10. The molecule has 10 heteroatoms. The van der Waals surface area contributed by atoms with Crippen LogP contribution in [0.4, 0.5) is 0 Å². The Morgan fingerprint density at radius 2 is 1.79 bits per heavy atom. The fourth-order valence-corrected chi connectivity index (χ4v) is 5.10. The van der Waals surface area contributed by atoms with Crippen LogP contribution in [0.15, 0.2) is 65.2 Å². The van der Waals surface area contributed by atoms with Crippen LogP contribution in [0.25, 0.3) is 16.8 Å². The van der Waals surface area contributed by atoms with Gasteiger partial charge in [-0.2, -0.15) is 10.6 Å². The maximum atomic E-state index is 7.03. The van der Waals surface area contributed by atoms with Crippen molar-refractivity contribution in [2.24, 2.45) is 16.1 Å². The highest BCUT2D eigenvalue weighted by atomic mass is 16.5. The second-order valence-corrected chi connectivity index (χ2v) is 9.31. The molecule has 0 spiro atoms. The van der Waals surface area contributed by atoms with Crippen molar-refractivity contribution in [3.63, 3.8) is 0 Å². The van der Waals surface area contributed by atoms with Crippen LogP contribution in [0.5, 0.6) is 17.2 Å². The van der Waals surface area contributed by atoms with Crippen molar-refractivity contribution in [3.05, 3.63) is 71.7 Å². The molecule has 0 amide bonds. The third kappa shape index (κ3) is 5.15. The Morgan fingerprint density at radius 1 is 1.03 bits per heavy atom. The van der Waals surface area contributed by atoms with Gasteiger partial charge in [-0.1, -0.05) is 36.6 Å². The van der Waals surface area contributed by atoms with Crippen LogP contribution in [0, 0.1) is 5.53 Å². The standard InChI is InChI=1S/C28H31N7O3/c1-36-22-11-18(12-23(14-22)37-2)17-38-21-10-6-9-20(13-21)24-15-31-28-25(27(29)33-34-30)16-32-35(28)26(24)19-7-4-3-5-8-19/h6,9-16,19H,3-5,7-8,17H2,1-2H3,(H3,29,30,33). The lowest BCUT2D eigenvalue weighted by Gasteiger charge is -2.25. The van der Waals surface area contributed by atoms with Crippen molar-refractivity contribution in [2.45, 2.75) is 44.6 Å². The van der Waals surface area contributed by atoms with E-state index in [2.05, 4.69) is 21.5 Å². The molecule has 0 unspecified atom stereocenters. The second-order valence-electron chi connectivity index (χ2n) is 9.31. The van der Waals surface area contributed by atoms with Crippen LogP contribution in [0.3, 0.4) is 0 Å². The predicted molar refractivity (Wildman–Crippen MR) is 144 cm³/mol. The van der Waals surface area contributed by atoms with Crippen LogP contribution in [0.2, 0.25) is 0 Å². The quantitative estimate of drug-likeness (QED) is 0.128. The number of nitrogens with one attached hydrogen (secondary N) is 1. The zero-order valence-corrected chi connectivity index (χ0v) is 21.6. The van der Waals surface area contributed by atoms with Gasteiger partial charge in [-0.3, -0.25) is 0 Å². The summed E-state index contributed by atoms with van der Waals surface area (Å²) in [5.74, 6) is 2.63. The van der Waals surface area contributed by atoms with E-state index in [9.17, 15) is 0 Å². The Bertz CT molecular complexity index is 1450. The number of nitrogens with two attached hydrogens (primary N) is 1. The molecule has 5 rings (SSSR count). The van der Waals surface area contributed by atoms with Gasteiger partial charge in [-0.25, -0.2) is 9.50 Å². The van der Waals surface area contributed by atoms with Crippen molar-refractivity contribution in [3.8, 4) is 28.4 Å². The lowest BCUT2D eigenvalue weighted by molar-refractivity contribution is 0.304. The zero-order chi connectivity index (χ0) is 26.5. The minimum absolute atomic E-state index is 0.120. The first kappa shape index (κ1) is 25.2. The molecule has 0 saturated heterocycles. The largest absolute Gasteiger partial charge is 0.497 e. The van der Waals surface area contributed by atoms with Gasteiger partial charge in [0, 0.05) is 23.7 Å². The number of aromatic nitrogens is 3. The van der Waals surface area contributed by atoms with Crippen molar-refractivity contribution in [1.82, 2.24) is 14.6 Å². The van der Waals surface area contributed by atoms with E-state index < -0.39 is 0 Å². The van der Waals surface area contributed by atoms with E-state index in [1.807, 2.05) is 47.1 Å². The Balaban J connectivity index is 1.51. The zero-order valence-electron chi connectivity index (χ0n) is 21.6. The first-order valence-electron chi connectivity index (χ1n) is 12.6. The van der Waals surface area contributed by atoms with E-state index in [-0.39, 0.29) is 5.84 Å². The summed E-state index contributed by atoms with van der Waals surface area (Å²) >= 11 is 0. The van der Waals surface area contributed by atoms with Gasteiger partial charge in [0.25, 0.3) is 0 Å².